The first-order valence-corrected chi connectivity index (χ1v) is 7.44. The minimum atomic E-state index is 0.395. The molecular formula is C14H12ClN3OS. The molecule has 0 N–H and O–H groups in total. The van der Waals surface area contributed by atoms with Gasteiger partial charge in [0.05, 0.1) is 17.8 Å². The number of rotatable bonds is 4. The van der Waals surface area contributed by atoms with Crippen LogP contribution < -0.4 is 4.74 Å². The zero-order valence-electron chi connectivity index (χ0n) is 10.8. The van der Waals surface area contributed by atoms with E-state index in [2.05, 4.69) is 15.2 Å². The number of thiazole rings is 1. The molecule has 3 rings (SSSR count). The van der Waals surface area contributed by atoms with Crippen LogP contribution in [0.25, 0.3) is 10.8 Å². The van der Waals surface area contributed by atoms with Gasteiger partial charge >= 0.3 is 0 Å². The van der Waals surface area contributed by atoms with E-state index in [0.29, 0.717) is 17.6 Å². The van der Waals surface area contributed by atoms with E-state index in [1.807, 2.05) is 36.7 Å². The van der Waals surface area contributed by atoms with Crippen LogP contribution in [0.3, 0.4) is 0 Å². The molecule has 0 saturated carbocycles. The van der Waals surface area contributed by atoms with E-state index < -0.39 is 0 Å². The zero-order valence-corrected chi connectivity index (χ0v) is 12.4. The predicted octanol–water partition coefficient (Wildman–Crippen LogP) is 3.67. The van der Waals surface area contributed by atoms with E-state index in [1.54, 1.807) is 11.3 Å². The molecule has 0 spiro atoms. The summed E-state index contributed by atoms with van der Waals surface area (Å²) in [4.78, 5) is 5.45. The molecule has 0 bridgehead atoms. The molecule has 3 aromatic rings. The lowest BCUT2D eigenvalue weighted by Crippen LogP contribution is -2.04. The van der Waals surface area contributed by atoms with Crippen LogP contribution in [0.1, 0.15) is 10.6 Å². The minimum absolute atomic E-state index is 0.395. The summed E-state index contributed by atoms with van der Waals surface area (Å²) in [6.07, 6.45) is 0.815. The highest BCUT2D eigenvalue weighted by molar-refractivity contribution is 7.09. The van der Waals surface area contributed by atoms with Crippen LogP contribution >= 0.6 is 22.9 Å². The molecule has 2 heterocycles. The SMILES string of the molecule is Cc1ncsc1CCOc1nnc(Cl)c2ccccc12. The predicted molar refractivity (Wildman–Crippen MR) is 80.6 cm³/mol. The first kappa shape index (κ1) is 13.3. The Morgan fingerprint density at radius 1 is 1.20 bits per heavy atom. The maximum atomic E-state index is 6.03. The lowest BCUT2D eigenvalue weighted by atomic mass is 10.2. The molecule has 6 heteroatoms. The fourth-order valence-electron chi connectivity index (χ4n) is 1.96. The second-order valence-electron chi connectivity index (χ2n) is 4.30. The maximum absolute atomic E-state index is 6.03. The molecule has 102 valence electrons. The molecule has 20 heavy (non-hydrogen) atoms. The molecule has 0 unspecified atom stereocenters. The van der Waals surface area contributed by atoms with Crippen molar-refractivity contribution in [2.24, 2.45) is 0 Å². The minimum Gasteiger partial charge on any atom is -0.476 e. The summed E-state index contributed by atoms with van der Waals surface area (Å²) < 4.78 is 5.75. The molecule has 0 atom stereocenters. The third kappa shape index (κ3) is 2.59. The van der Waals surface area contributed by atoms with Crippen molar-refractivity contribution >= 4 is 33.7 Å². The molecule has 0 amide bonds. The molecule has 1 aromatic carbocycles. The van der Waals surface area contributed by atoms with Crippen LogP contribution in [-0.2, 0) is 6.42 Å². The van der Waals surface area contributed by atoms with Crippen LogP contribution in [0.5, 0.6) is 5.88 Å². The summed E-state index contributed by atoms with van der Waals surface area (Å²) >= 11 is 7.67. The van der Waals surface area contributed by atoms with Crippen molar-refractivity contribution in [2.75, 3.05) is 6.61 Å². The van der Waals surface area contributed by atoms with Crippen molar-refractivity contribution in [1.82, 2.24) is 15.2 Å². The summed E-state index contributed by atoms with van der Waals surface area (Å²) in [6, 6.07) is 7.69. The van der Waals surface area contributed by atoms with Gasteiger partial charge in [0.25, 0.3) is 0 Å². The summed E-state index contributed by atoms with van der Waals surface area (Å²) in [5.74, 6) is 0.521. The van der Waals surface area contributed by atoms with Gasteiger partial charge in [0.15, 0.2) is 5.15 Å². The van der Waals surface area contributed by atoms with Gasteiger partial charge in [-0.15, -0.1) is 21.5 Å². The lowest BCUT2D eigenvalue weighted by molar-refractivity contribution is 0.311. The smallest absolute Gasteiger partial charge is 0.241 e. The number of hydrogen-bond donors (Lipinski definition) is 0. The number of aromatic nitrogens is 3. The third-order valence-electron chi connectivity index (χ3n) is 3.02. The number of ether oxygens (including phenoxy) is 1. The van der Waals surface area contributed by atoms with E-state index in [-0.39, 0.29) is 0 Å². The quantitative estimate of drug-likeness (QED) is 0.738. The van der Waals surface area contributed by atoms with E-state index >= 15 is 0 Å². The van der Waals surface area contributed by atoms with Crippen LogP contribution in [0.15, 0.2) is 29.8 Å². The lowest BCUT2D eigenvalue weighted by Gasteiger charge is -2.07. The van der Waals surface area contributed by atoms with E-state index in [4.69, 9.17) is 16.3 Å². The Labute approximate surface area is 125 Å². The van der Waals surface area contributed by atoms with Crippen LogP contribution in [0.2, 0.25) is 5.15 Å². The topological polar surface area (TPSA) is 47.9 Å². The Balaban J connectivity index is 1.78. The van der Waals surface area contributed by atoms with Crippen molar-refractivity contribution < 1.29 is 4.74 Å². The zero-order chi connectivity index (χ0) is 13.9. The Kier molecular flexibility index (Phi) is 3.80. The Bertz CT molecular complexity index is 744. The Hall–Kier alpha value is -1.72. The molecule has 4 nitrogen and oxygen atoms in total. The number of hydrogen-bond acceptors (Lipinski definition) is 5. The van der Waals surface area contributed by atoms with Gasteiger partial charge in [0, 0.05) is 22.1 Å². The highest BCUT2D eigenvalue weighted by Gasteiger charge is 2.09. The van der Waals surface area contributed by atoms with Gasteiger partial charge in [0.2, 0.25) is 5.88 Å². The van der Waals surface area contributed by atoms with Crippen LogP contribution in [-0.4, -0.2) is 21.8 Å². The number of halogens is 1. The van der Waals surface area contributed by atoms with Gasteiger partial charge in [-0.2, -0.15) is 0 Å². The van der Waals surface area contributed by atoms with Crippen molar-refractivity contribution in [2.45, 2.75) is 13.3 Å². The van der Waals surface area contributed by atoms with E-state index in [0.717, 1.165) is 22.9 Å². The fraction of sp³-hybridized carbons (Fsp3) is 0.214. The summed E-state index contributed by atoms with van der Waals surface area (Å²) in [5, 5.41) is 10.1. The summed E-state index contributed by atoms with van der Waals surface area (Å²) in [5.41, 5.74) is 2.91. The highest BCUT2D eigenvalue weighted by atomic mass is 35.5. The van der Waals surface area contributed by atoms with Gasteiger partial charge in [-0.05, 0) is 13.0 Å². The molecule has 0 aliphatic carbocycles. The largest absolute Gasteiger partial charge is 0.476 e. The van der Waals surface area contributed by atoms with E-state index in [9.17, 15) is 0 Å². The molecule has 2 aromatic heterocycles. The number of aryl methyl sites for hydroxylation is 1. The summed E-state index contributed by atoms with van der Waals surface area (Å²) in [6.45, 7) is 2.55. The number of benzene rings is 1. The fourth-order valence-corrected chi connectivity index (χ4v) is 2.92. The van der Waals surface area contributed by atoms with Crippen molar-refractivity contribution in [3.05, 3.63) is 45.5 Å². The molecular weight excluding hydrogens is 294 g/mol. The number of fused-ring (bicyclic) bond motifs is 1. The van der Waals surface area contributed by atoms with Crippen molar-refractivity contribution in [1.29, 1.82) is 0 Å². The monoisotopic (exact) mass is 305 g/mol. The van der Waals surface area contributed by atoms with Gasteiger partial charge in [0.1, 0.15) is 0 Å². The van der Waals surface area contributed by atoms with Gasteiger partial charge < -0.3 is 4.74 Å². The Morgan fingerprint density at radius 2 is 2.00 bits per heavy atom. The van der Waals surface area contributed by atoms with Crippen LogP contribution in [0, 0.1) is 6.92 Å². The summed E-state index contributed by atoms with van der Waals surface area (Å²) in [7, 11) is 0. The van der Waals surface area contributed by atoms with Crippen molar-refractivity contribution in [3.8, 4) is 5.88 Å². The molecule has 0 aliphatic rings. The normalized spacial score (nSPS) is 10.9. The third-order valence-corrected chi connectivity index (χ3v) is 4.30. The average Bonchev–Trinajstić information content (AvgIpc) is 2.87. The number of nitrogens with zero attached hydrogens (tertiary/aromatic N) is 3. The van der Waals surface area contributed by atoms with Gasteiger partial charge in [-0.25, -0.2) is 4.98 Å². The standard InChI is InChI=1S/C14H12ClN3OS/c1-9-12(20-8-16-9)6-7-19-14-11-5-3-2-4-10(11)13(15)17-18-14/h2-5,8H,6-7H2,1H3. The first-order valence-electron chi connectivity index (χ1n) is 6.18. The molecule has 0 saturated heterocycles. The molecule has 0 fully saturated rings. The first-order chi connectivity index (χ1) is 9.75. The molecule has 0 radical (unpaired) electrons. The highest BCUT2D eigenvalue weighted by Crippen LogP contribution is 2.27. The second-order valence-corrected chi connectivity index (χ2v) is 5.60. The Morgan fingerprint density at radius 3 is 2.75 bits per heavy atom. The average molecular weight is 306 g/mol. The maximum Gasteiger partial charge on any atom is 0.241 e. The second kappa shape index (κ2) is 5.73. The van der Waals surface area contributed by atoms with Crippen LogP contribution in [0.4, 0.5) is 0 Å². The van der Waals surface area contributed by atoms with Gasteiger partial charge in [-0.3, -0.25) is 0 Å². The molecule has 0 aliphatic heterocycles. The van der Waals surface area contributed by atoms with Crippen molar-refractivity contribution in [3.63, 3.8) is 0 Å². The van der Waals surface area contributed by atoms with Gasteiger partial charge in [-0.1, -0.05) is 29.8 Å². The van der Waals surface area contributed by atoms with E-state index in [1.165, 1.54) is 4.88 Å².